The summed E-state index contributed by atoms with van der Waals surface area (Å²) in [6, 6.07) is 0.557. The molecule has 1 fully saturated rings. The Morgan fingerprint density at radius 2 is 1.88 bits per heavy atom. The van der Waals surface area contributed by atoms with Gasteiger partial charge in [0.2, 0.25) is 5.91 Å². The van der Waals surface area contributed by atoms with Crippen LogP contribution >= 0.6 is 0 Å². The Morgan fingerprint density at radius 3 is 2.46 bits per heavy atom. The Morgan fingerprint density at radius 1 is 1.25 bits per heavy atom. The molecule has 24 heavy (non-hydrogen) atoms. The summed E-state index contributed by atoms with van der Waals surface area (Å²) in [7, 11) is 0. The topological polar surface area (TPSA) is 58.6 Å². The molecule has 0 aliphatic carbocycles. The maximum absolute atomic E-state index is 13.7. The van der Waals surface area contributed by atoms with Gasteiger partial charge < -0.3 is 15.0 Å². The number of hydrogen-bond acceptors (Lipinski definition) is 3. The van der Waals surface area contributed by atoms with Crippen molar-refractivity contribution in [2.24, 2.45) is 0 Å². The van der Waals surface area contributed by atoms with Crippen molar-refractivity contribution in [3.05, 3.63) is 35.1 Å². The maximum atomic E-state index is 13.7. The Balaban J connectivity index is 2.10. The van der Waals surface area contributed by atoms with Gasteiger partial charge in [-0.15, -0.1) is 0 Å². The summed E-state index contributed by atoms with van der Waals surface area (Å²) in [4.78, 5) is 25.7. The van der Waals surface area contributed by atoms with Crippen molar-refractivity contribution in [3.8, 4) is 0 Å². The van der Waals surface area contributed by atoms with Crippen molar-refractivity contribution in [1.29, 1.82) is 0 Å². The van der Waals surface area contributed by atoms with Crippen LogP contribution < -0.4 is 5.32 Å². The monoisotopic (exact) mass is 348 g/mol. The smallest absolute Gasteiger partial charge is 0.378 e. The van der Waals surface area contributed by atoms with E-state index < -0.39 is 41.0 Å². The molecule has 9 heteroatoms. The summed E-state index contributed by atoms with van der Waals surface area (Å²) in [5.74, 6) is -2.57. The molecule has 0 aromatic heterocycles. The lowest BCUT2D eigenvalue weighted by molar-refractivity contribution is -0.138. The lowest BCUT2D eigenvalue weighted by Crippen LogP contribution is -2.50. The number of carbonyl (C=O) groups excluding carboxylic acids is 2. The van der Waals surface area contributed by atoms with Crippen LogP contribution in [-0.4, -0.2) is 49.1 Å². The zero-order valence-corrected chi connectivity index (χ0v) is 12.8. The fraction of sp³-hybridized carbons (Fsp3) is 0.467. The second kappa shape index (κ2) is 7.16. The number of alkyl halides is 3. The minimum Gasteiger partial charge on any atom is -0.378 e. The molecule has 0 radical (unpaired) electrons. The molecule has 1 aliphatic rings. The molecule has 1 aliphatic heterocycles. The highest BCUT2D eigenvalue weighted by atomic mass is 19.4. The number of benzene rings is 1. The van der Waals surface area contributed by atoms with Crippen molar-refractivity contribution in [3.63, 3.8) is 0 Å². The fourth-order valence-electron chi connectivity index (χ4n) is 2.27. The van der Waals surface area contributed by atoms with Crippen LogP contribution in [0.2, 0.25) is 0 Å². The van der Waals surface area contributed by atoms with E-state index in [-0.39, 0.29) is 0 Å². The van der Waals surface area contributed by atoms with Crippen LogP contribution in [0.15, 0.2) is 18.2 Å². The van der Waals surface area contributed by atoms with Gasteiger partial charge in [0, 0.05) is 13.1 Å². The third-order valence-corrected chi connectivity index (χ3v) is 3.58. The van der Waals surface area contributed by atoms with Crippen molar-refractivity contribution in [2.45, 2.75) is 19.1 Å². The number of nitrogens with zero attached hydrogens (tertiary/aromatic N) is 1. The normalized spacial score (nSPS) is 16.6. The second-order valence-electron chi connectivity index (χ2n) is 5.33. The van der Waals surface area contributed by atoms with E-state index in [1.165, 1.54) is 11.8 Å². The first-order chi connectivity index (χ1) is 11.2. The Bertz CT molecular complexity index is 628. The van der Waals surface area contributed by atoms with Crippen LogP contribution in [0.3, 0.4) is 0 Å². The minimum atomic E-state index is -4.70. The van der Waals surface area contributed by atoms with Crippen molar-refractivity contribution < 1.29 is 31.9 Å². The third-order valence-electron chi connectivity index (χ3n) is 3.58. The SMILES string of the molecule is C[C@@H](NC(=O)c1cc(C(F)(F)F)ccc1F)C(=O)N1CCOCC1. The van der Waals surface area contributed by atoms with Crippen LogP contribution in [0, 0.1) is 5.82 Å². The maximum Gasteiger partial charge on any atom is 0.416 e. The number of halogens is 4. The zero-order valence-electron chi connectivity index (χ0n) is 12.8. The van der Waals surface area contributed by atoms with Crippen LogP contribution in [0.25, 0.3) is 0 Å². The average molecular weight is 348 g/mol. The number of ether oxygens (including phenoxy) is 1. The predicted octanol–water partition coefficient (Wildman–Crippen LogP) is 1.82. The van der Waals surface area contributed by atoms with Gasteiger partial charge in [0.15, 0.2) is 0 Å². The average Bonchev–Trinajstić information content (AvgIpc) is 2.54. The van der Waals surface area contributed by atoms with Gasteiger partial charge in [-0.25, -0.2) is 4.39 Å². The van der Waals surface area contributed by atoms with E-state index in [2.05, 4.69) is 5.32 Å². The first kappa shape index (κ1) is 18.2. The minimum absolute atomic E-state index is 0.358. The molecule has 2 rings (SSSR count). The van der Waals surface area contributed by atoms with Gasteiger partial charge in [0.1, 0.15) is 11.9 Å². The second-order valence-corrected chi connectivity index (χ2v) is 5.33. The first-order valence-corrected chi connectivity index (χ1v) is 7.24. The highest BCUT2D eigenvalue weighted by Gasteiger charge is 2.32. The van der Waals surface area contributed by atoms with Crippen LogP contribution in [0.1, 0.15) is 22.8 Å². The molecule has 1 N–H and O–H groups in total. The highest BCUT2D eigenvalue weighted by molar-refractivity contribution is 5.97. The number of morpholine rings is 1. The third kappa shape index (κ3) is 4.22. The summed E-state index contributed by atoms with van der Waals surface area (Å²) < 4.78 is 56.8. The molecule has 5 nitrogen and oxygen atoms in total. The molecule has 1 aromatic rings. The van der Waals surface area contributed by atoms with Gasteiger partial charge in [-0.3, -0.25) is 9.59 Å². The van der Waals surface area contributed by atoms with E-state index in [0.717, 1.165) is 0 Å². The summed E-state index contributed by atoms with van der Waals surface area (Å²) in [6.45, 7) is 2.85. The van der Waals surface area contributed by atoms with E-state index >= 15 is 0 Å². The van der Waals surface area contributed by atoms with Crippen molar-refractivity contribution in [2.75, 3.05) is 26.3 Å². The molecule has 2 amide bonds. The van der Waals surface area contributed by atoms with Gasteiger partial charge in [-0.2, -0.15) is 13.2 Å². The van der Waals surface area contributed by atoms with E-state index in [0.29, 0.717) is 44.5 Å². The van der Waals surface area contributed by atoms with Crippen LogP contribution in [-0.2, 0) is 15.7 Å². The fourth-order valence-corrected chi connectivity index (χ4v) is 2.27. The van der Waals surface area contributed by atoms with Gasteiger partial charge >= 0.3 is 6.18 Å². The Kier molecular flexibility index (Phi) is 5.43. The standard InChI is InChI=1S/C15H16F4N2O3/c1-9(14(23)21-4-6-24-7-5-21)20-13(22)11-8-10(15(17,18)19)2-3-12(11)16/h2-3,8-9H,4-7H2,1H3,(H,20,22)/t9-/m1/s1. The van der Waals surface area contributed by atoms with E-state index in [9.17, 15) is 27.2 Å². The molecule has 1 heterocycles. The van der Waals surface area contributed by atoms with Crippen molar-refractivity contribution >= 4 is 11.8 Å². The first-order valence-electron chi connectivity index (χ1n) is 7.24. The molecular formula is C15H16F4N2O3. The van der Waals surface area contributed by atoms with Gasteiger partial charge in [-0.05, 0) is 25.1 Å². The highest BCUT2D eigenvalue weighted by Crippen LogP contribution is 2.30. The lowest BCUT2D eigenvalue weighted by Gasteiger charge is -2.29. The number of rotatable bonds is 3. The Hall–Kier alpha value is -2.16. The summed E-state index contributed by atoms with van der Waals surface area (Å²) in [6.07, 6.45) is -4.70. The molecule has 1 aromatic carbocycles. The molecule has 0 saturated carbocycles. The van der Waals surface area contributed by atoms with Crippen LogP contribution in [0.5, 0.6) is 0 Å². The van der Waals surface area contributed by atoms with Gasteiger partial charge in [-0.1, -0.05) is 0 Å². The predicted molar refractivity (Wildman–Crippen MR) is 75.7 cm³/mol. The van der Waals surface area contributed by atoms with Gasteiger partial charge in [0.25, 0.3) is 5.91 Å². The number of hydrogen-bond donors (Lipinski definition) is 1. The summed E-state index contributed by atoms with van der Waals surface area (Å²) in [5.41, 5.74) is -1.90. The quantitative estimate of drug-likeness (QED) is 0.848. The van der Waals surface area contributed by atoms with E-state index in [1.54, 1.807) is 0 Å². The largest absolute Gasteiger partial charge is 0.416 e. The van der Waals surface area contributed by atoms with E-state index in [1.807, 2.05) is 0 Å². The molecule has 132 valence electrons. The molecule has 0 spiro atoms. The van der Waals surface area contributed by atoms with Crippen LogP contribution in [0.4, 0.5) is 17.6 Å². The molecular weight excluding hydrogens is 332 g/mol. The molecule has 1 saturated heterocycles. The number of amides is 2. The van der Waals surface area contributed by atoms with Crippen molar-refractivity contribution in [1.82, 2.24) is 10.2 Å². The van der Waals surface area contributed by atoms with E-state index in [4.69, 9.17) is 4.74 Å². The zero-order chi connectivity index (χ0) is 17.9. The Labute approximate surface area is 135 Å². The summed E-state index contributed by atoms with van der Waals surface area (Å²) >= 11 is 0. The molecule has 1 atom stereocenters. The lowest BCUT2D eigenvalue weighted by atomic mass is 10.1. The molecule has 0 unspecified atom stereocenters. The summed E-state index contributed by atoms with van der Waals surface area (Å²) in [5, 5.41) is 2.23. The van der Waals surface area contributed by atoms with Gasteiger partial charge in [0.05, 0.1) is 24.3 Å². The molecule has 0 bridgehead atoms. The number of nitrogens with one attached hydrogen (secondary N) is 1. The number of carbonyl (C=O) groups is 2.